The van der Waals surface area contributed by atoms with Crippen molar-refractivity contribution in [3.63, 3.8) is 0 Å². The normalized spacial score (nSPS) is 15.8. The predicted molar refractivity (Wildman–Crippen MR) is 120 cm³/mol. The van der Waals surface area contributed by atoms with Crippen molar-refractivity contribution in [2.24, 2.45) is 0 Å². The molecule has 0 spiro atoms. The summed E-state index contributed by atoms with van der Waals surface area (Å²) in [5, 5.41) is 10.1. The Kier molecular flexibility index (Phi) is 6.33. The molecule has 0 saturated carbocycles. The maximum Gasteiger partial charge on any atom is 0.337 e. The molecule has 0 bridgehead atoms. The summed E-state index contributed by atoms with van der Waals surface area (Å²) < 4.78 is 0. The monoisotopic (exact) mass is 434 g/mol. The van der Waals surface area contributed by atoms with Gasteiger partial charge in [-0.25, -0.2) is 9.78 Å². The lowest BCUT2D eigenvalue weighted by molar-refractivity contribution is -0.132. The van der Waals surface area contributed by atoms with Crippen molar-refractivity contribution in [2.45, 2.75) is 31.7 Å². The molecule has 0 aliphatic carbocycles. The van der Waals surface area contributed by atoms with Crippen molar-refractivity contribution in [3.05, 3.63) is 88.6 Å². The number of carbonyl (C=O) groups excluding carboxylic acids is 1. The van der Waals surface area contributed by atoms with Crippen LogP contribution in [0.4, 0.5) is 0 Å². The number of carboxylic acid groups (broad SMARTS) is 1. The molecule has 158 valence electrons. The molecule has 1 aliphatic heterocycles. The second-order valence-corrected chi connectivity index (χ2v) is 8.11. The average molecular weight is 435 g/mol. The molecule has 6 heteroatoms. The Morgan fingerprint density at radius 3 is 2.61 bits per heavy atom. The van der Waals surface area contributed by atoms with Crippen molar-refractivity contribution < 1.29 is 14.7 Å². The summed E-state index contributed by atoms with van der Waals surface area (Å²) in [7, 11) is 0. The van der Waals surface area contributed by atoms with E-state index in [1.165, 1.54) is 0 Å². The van der Waals surface area contributed by atoms with E-state index >= 15 is 0 Å². The molecular weight excluding hydrogens is 412 g/mol. The first kappa shape index (κ1) is 21.1. The summed E-state index contributed by atoms with van der Waals surface area (Å²) in [5.74, 6) is -0.948. The lowest BCUT2D eigenvalue weighted by Gasteiger charge is -2.25. The van der Waals surface area contributed by atoms with Crippen LogP contribution in [0, 0.1) is 0 Å². The second-order valence-electron chi connectivity index (χ2n) is 7.68. The number of benzene rings is 2. The SMILES string of the molecule is O=C(O)c1ccc([C@H]2CCCN2C(=O)CCc2ccccc2)nc1-c1cccc(Cl)c1. The van der Waals surface area contributed by atoms with Gasteiger partial charge < -0.3 is 10.0 Å². The van der Waals surface area contributed by atoms with Gasteiger partial charge in [0.25, 0.3) is 0 Å². The van der Waals surface area contributed by atoms with E-state index in [1.807, 2.05) is 35.2 Å². The highest BCUT2D eigenvalue weighted by atomic mass is 35.5. The van der Waals surface area contributed by atoms with Gasteiger partial charge in [0.2, 0.25) is 5.91 Å². The fourth-order valence-corrected chi connectivity index (χ4v) is 4.29. The summed E-state index contributed by atoms with van der Waals surface area (Å²) >= 11 is 6.12. The van der Waals surface area contributed by atoms with Crippen LogP contribution in [0.5, 0.6) is 0 Å². The van der Waals surface area contributed by atoms with Crippen LogP contribution in [0.2, 0.25) is 5.02 Å². The Bertz CT molecular complexity index is 1100. The molecule has 1 fully saturated rings. The van der Waals surface area contributed by atoms with E-state index in [9.17, 15) is 14.7 Å². The second kappa shape index (κ2) is 9.31. The van der Waals surface area contributed by atoms with E-state index in [2.05, 4.69) is 0 Å². The molecule has 1 N–H and O–H groups in total. The summed E-state index contributed by atoms with van der Waals surface area (Å²) in [4.78, 5) is 31.3. The number of amides is 1. The van der Waals surface area contributed by atoms with Crippen LogP contribution in [-0.2, 0) is 11.2 Å². The van der Waals surface area contributed by atoms with Gasteiger partial charge >= 0.3 is 5.97 Å². The Morgan fingerprint density at radius 2 is 1.87 bits per heavy atom. The number of aryl methyl sites for hydroxylation is 1. The number of aromatic nitrogens is 1. The Labute approximate surface area is 186 Å². The first-order valence-electron chi connectivity index (χ1n) is 10.4. The number of hydrogen-bond acceptors (Lipinski definition) is 3. The molecule has 0 radical (unpaired) electrons. The maximum atomic E-state index is 13.0. The van der Waals surface area contributed by atoms with Crippen molar-refractivity contribution in [1.29, 1.82) is 0 Å². The standard InChI is InChI=1S/C25H23ClN2O3/c26-19-9-4-8-18(16-19)24-20(25(30)31)12-13-21(27-24)22-10-5-15-28(22)23(29)14-11-17-6-2-1-3-7-17/h1-4,6-9,12-13,16,22H,5,10-11,14-15H2,(H,30,31)/t22-/m1/s1. The van der Waals surface area contributed by atoms with E-state index < -0.39 is 5.97 Å². The number of nitrogens with zero attached hydrogens (tertiary/aromatic N) is 2. The summed E-state index contributed by atoms with van der Waals surface area (Å²) in [5.41, 5.74) is 2.98. The first-order valence-corrected chi connectivity index (χ1v) is 10.7. The fraction of sp³-hybridized carbons (Fsp3) is 0.240. The first-order chi connectivity index (χ1) is 15.0. The fourth-order valence-electron chi connectivity index (χ4n) is 4.10. The molecular formula is C25H23ClN2O3. The quantitative estimate of drug-likeness (QED) is 0.564. The molecule has 2 heterocycles. The number of carbonyl (C=O) groups is 2. The number of halogens is 1. The molecule has 0 unspecified atom stereocenters. The molecule has 1 atom stereocenters. The van der Waals surface area contributed by atoms with Gasteiger partial charge in [0, 0.05) is 23.6 Å². The van der Waals surface area contributed by atoms with Crippen molar-refractivity contribution in [3.8, 4) is 11.3 Å². The average Bonchev–Trinajstić information content (AvgIpc) is 3.28. The largest absolute Gasteiger partial charge is 0.478 e. The van der Waals surface area contributed by atoms with Crippen LogP contribution in [0.25, 0.3) is 11.3 Å². The van der Waals surface area contributed by atoms with Gasteiger partial charge in [0.05, 0.1) is 23.0 Å². The zero-order chi connectivity index (χ0) is 21.8. The third kappa shape index (κ3) is 4.78. The van der Waals surface area contributed by atoms with Crippen LogP contribution >= 0.6 is 11.6 Å². The smallest absolute Gasteiger partial charge is 0.337 e. The van der Waals surface area contributed by atoms with Gasteiger partial charge in [-0.15, -0.1) is 0 Å². The van der Waals surface area contributed by atoms with Crippen molar-refractivity contribution in [1.82, 2.24) is 9.88 Å². The van der Waals surface area contributed by atoms with Gasteiger partial charge in [-0.1, -0.05) is 54.1 Å². The molecule has 1 saturated heterocycles. The van der Waals surface area contributed by atoms with Crippen molar-refractivity contribution in [2.75, 3.05) is 6.54 Å². The van der Waals surface area contributed by atoms with Crippen molar-refractivity contribution >= 4 is 23.5 Å². The van der Waals surface area contributed by atoms with E-state index in [0.717, 1.165) is 18.4 Å². The predicted octanol–water partition coefficient (Wildman–Crippen LogP) is 5.40. The number of aromatic carboxylic acids is 1. The van der Waals surface area contributed by atoms with Gasteiger partial charge in [-0.3, -0.25) is 4.79 Å². The lowest BCUT2D eigenvalue weighted by atomic mass is 10.0. The van der Waals surface area contributed by atoms with Gasteiger partial charge in [0.1, 0.15) is 0 Å². The van der Waals surface area contributed by atoms with Crippen LogP contribution in [0.15, 0.2) is 66.7 Å². The number of rotatable bonds is 6. The Balaban J connectivity index is 1.59. The highest BCUT2D eigenvalue weighted by Gasteiger charge is 2.31. The molecule has 1 aliphatic rings. The van der Waals surface area contributed by atoms with E-state index in [-0.39, 0.29) is 17.5 Å². The molecule has 4 rings (SSSR count). The highest BCUT2D eigenvalue weighted by molar-refractivity contribution is 6.30. The van der Waals surface area contributed by atoms with E-state index in [4.69, 9.17) is 16.6 Å². The zero-order valence-corrected chi connectivity index (χ0v) is 17.8. The number of pyridine rings is 1. The third-order valence-electron chi connectivity index (χ3n) is 5.63. The number of carboxylic acids is 1. The summed E-state index contributed by atoms with van der Waals surface area (Å²) in [6, 6.07) is 20.1. The summed E-state index contributed by atoms with van der Waals surface area (Å²) in [6.07, 6.45) is 2.85. The topological polar surface area (TPSA) is 70.5 Å². The Hall–Kier alpha value is -3.18. The third-order valence-corrected chi connectivity index (χ3v) is 5.87. The minimum atomic E-state index is -1.05. The Morgan fingerprint density at radius 1 is 1.06 bits per heavy atom. The van der Waals surface area contributed by atoms with Crippen LogP contribution < -0.4 is 0 Å². The minimum absolute atomic E-state index is 0.0970. The van der Waals surface area contributed by atoms with E-state index in [1.54, 1.807) is 36.4 Å². The van der Waals surface area contributed by atoms with Crippen LogP contribution in [0.1, 0.15) is 46.9 Å². The maximum absolute atomic E-state index is 13.0. The van der Waals surface area contributed by atoms with Gasteiger partial charge in [-0.2, -0.15) is 0 Å². The highest BCUT2D eigenvalue weighted by Crippen LogP contribution is 2.34. The molecule has 2 aromatic carbocycles. The summed E-state index contributed by atoms with van der Waals surface area (Å²) in [6.45, 7) is 0.688. The molecule has 5 nitrogen and oxygen atoms in total. The zero-order valence-electron chi connectivity index (χ0n) is 17.0. The molecule has 1 amide bonds. The van der Waals surface area contributed by atoms with Crippen LogP contribution in [-0.4, -0.2) is 33.4 Å². The minimum Gasteiger partial charge on any atom is -0.478 e. The molecule has 31 heavy (non-hydrogen) atoms. The van der Waals surface area contributed by atoms with E-state index in [0.29, 0.717) is 41.4 Å². The molecule has 3 aromatic rings. The number of hydrogen-bond donors (Lipinski definition) is 1. The lowest BCUT2D eigenvalue weighted by Crippen LogP contribution is -2.31. The molecule has 1 aromatic heterocycles. The van der Waals surface area contributed by atoms with Gasteiger partial charge in [-0.05, 0) is 49.1 Å². The van der Waals surface area contributed by atoms with Gasteiger partial charge in [0.15, 0.2) is 0 Å². The van der Waals surface area contributed by atoms with Crippen LogP contribution in [0.3, 0.4) is 0 Å². The number of likely N-dealkylation sites (tertiary alicyclic amines) is 1.